The fraction of sp³-hybridized carbons (Fsp3) is 0.615. The Morgan fingerprint density at radius 1 is 1.67 bits per heavy atom. The van der Waals surface area contributed by atoms with Crippen LogP contribution in [0.4, 0.5) is 0 Å². The molecule has 3 nitrogen and oxygen atoms in total. The van der Waals surface area contributed by atoms with Gasteiger partial charge in [-0.2, -0.15) is 0 Å². The van der Waals surface area contributed by atoms with Gasteiger partial charge < -0.3 is 5.11 Å². The van der Waals surface area contributed by atoms with Crippen molar-refractivity contribution in [3.05, 3.63) is 20.8 Å². The van der Waals surface area contributed by atoms with E-state index in [9.17, 15) is 9.90 Å². The molecule has 1 aromatic rings. The fourth-order valence-electron chi connectivity index (χ4n) is 2.86. The molecule has 1 saturated heterocycles. The number of halogens is 1. The summed E-state index contributed by atoms with van der Waals surface area (Å²) in [4.78, 5) is 13.8. The van der Waals surface area contributed by atoms with Crippen LogP contribution >= 0.6 is 27.3 Å². The summed E-state index contributed by atoms with van der Waals surface area (Å²) in [7, 11) is 0. The molecule has 2 heterocycles. The van der Waals surface area contributed by atoms with E-state index in [4.69, 9.17) is 0 Å². The molecule has 0 aliphatic carbocycles. The topological polar surface area (TPSA) is 40.5 Å². The molecule has 1 unspecified atom stereocenters. The average molecular weight is 332 g/mol. The van der Waals surface area contributed by atoms with E-state index in [1.165, 1.54) is 5.56 Å². The Bertz CT molecular complexity index is 434. The van der Waals surface area contributed by atoms with Gasteiger partial charge in [0.05, 0.1) is 3.79 Å². The maximum Gasteiger partial charge on any atom is 0.324 e. The first kappa shape index (κ1) is 14.0. The molecule has 1 fully saturated rings. The third-order valence-electron chi connectivity index (χ3n) is 3.68. The number of carboxylic acid groups (broad SMARTS) is 1. The molecule has 2 rings (SSSR count). The van der Waals surface area contributed by atoms with E-state index in [0.29, 0.717) is 0 Å². The lowest BCUT2D eigenvalue weighted by Gasteiger charge is -2.34. The van der Waals surface area contributed by atoms with Gasteiger partial charge in [-0.15, -0.1) is 11.3 Å². The number of carboxylic acids is 1. The largest absolute Gasteiger partial charge is 0.480 e. The number of thiophene rings is 1. The highest BCUT2D eigenvalue weighted by Crippen LogP contribution is 2.36. The Labute approximate surface area is 120 Å². The molecule has 0 spiro atoms. The van der Waals surface area contributed by atoms with Crippen LogP contribution in [0.5, 0.6) is 0 Å². The first-order chi connectivity index (χ1) is 8.58. The van der Waals surface area contributed by atoms with E-state index >= 15 is 0 Å². The number of hydrogen-bond donors (Lipinski definition) is 1. The summed E-state index contributed by atoms with van der Waals surface area (Å²) >= 11 is 5.11. The number of hydrogen-bond acceptors (Lipinski definition) is 3. The predicted octanol–water partition coefficient (Wildman–Crippen LogP) is 3.73. The van der Waals surface area contributed by atoms with Crippen LogP contribution in [0.1, 0.15) is 38.2 Å². The van der Waals surface area contributed by atoms with E-state index in [1.54, 1.807) is 11.3 Å². The molecule has 0 amide bonds. The van der Waals surface area contributed by atoms with Gasteiger partial charge in [-0.25, -0.2) is 0 Å². The van der Waals surface area contributed by atoms with Crippen LogP contribution in [-0.4, -0.2) is 28.1 Å². The molecule has 0 saturated carbocycles. The SMILES string of the molecule is CCCC1(C(=O)O)CCCN1Cc1csc(Br)c1. The second-order valence-corrected chi connectivity index (χ2v) is 7.16. The first-order valence-electron chi connectivity index (χ1n) is 6.30. The van der Waals surface area contributed by atoms with Crippen LogP contribution in [0.15, 0.2) is 15.2 Å². The zero-order valence-electron chi connectivity index (χ0n) is 10.5. The number of nitrogens with zero attached hydrogens (tertiary/aromatic N) is 1. The van der Waals surface area contributed by atoms with Gasteiger partial charge in [0.25, 0.3) is 0 Å². The maximum absolute atomic E-state index is 11.7. The zero-order chi connectivity index (χ0) is 13.2. The lowest BCUT2D eigenvalue weighted by molar-refractivity contribution is -0.150. The minimum absolute atomic E-state index is 0.636. The highest BCUT2D eigenvalue weighted by atomic mass is 79.9. The van der Waals surface area contributed by atoms with Crippen LogP contribution in [0.3, 0.4) is 0 Å². The minimum atomic E-state index is -0.656. The number of carbonyl (C=O) groups is 1. The molecule has 1 N–H and O–H groups in total. The second kappa shape index (κ2) is 5.72. The molecular formula is C13H18BrNO2S. The summed E-state index contributed by atoms with van der Waals surface area (Å²) in [5.74, 6) is -0.656. The summed E-state index contributed by atoms with van der Waals surface area (Å²) in [5, 5.41) is 11.7. The fourth-order valence-corrected chi connectivity index (χ4v) is 4.06. The monoisotopic (exact) mass is 331 g/mol. The normalized spacial score (nSPS) is 24.6. The molecular weight excluding hydrogens is 314 g/mol. The van der Waals surface area contributed by atoms with E-state index in [0.717, 1.165) is 42.6 Å². The van der Waals surface area contributed by atoms with E-state index in [-0.39, 0.29) is 0 Å². The van der Waals surface area contributed by atoms with Gasteiger partial charge in [-0.05, 0) is 58.7 Å². The summed E-state index contributed by atoms with van der Waals surface area (Å²) in [6, 6.07) is 2.08. The highest BCUT2D eigenvalue weighted by Gasteiger charge is 2.46. The second-order valence-electron chi connectivity index (χ2n) is 4.87. The van der Waals surface area contributed by atoms with Gasteiger partial charge >= 0.3 is 5.97 Å². The molecule has 1 aromatic heterocycles. The van der Waals surface area contributed by atoms with Crippen LogP contribution in [0, 0.1) is 0 Å². The summed E-state index contributed by atoms with van der Waals surface area (Å²) in [6.07, 6.45) is 3.42. The zero-order valence-corrected chi connectivity index (χ0v) is 12.9. The quantitative estimate of drug-likeness (QED) is 0.893. The van der Waals surface area contributed by atoms with Crippen molar-refractivity contribution >= 4 is 33.2 Å². The van der Waals surface area contributed by atoms with Crippen LogP contribution in [0.2, 0.25) is 0 Å². The third-order valence-corrected chi connectivity index (χ3v) is 5.23. The first-order valence-corrected chi connectivity index (χ1v) is 7.97. The molecule has 100 valence electrons. The Balaban J connectivity index is 2.17. The van der Waals surface area contributed by atoms with Crippen molar-refractivity contribution in [1.29, 1.82) is 0 Å². The smallest absolute Gasteiger partial charge is 0.324 e. The average Bonchev–Trinajstić information content (AvgIpc) is 2.88. The van der Waals surface area contributed by atoms with Gasteiger partial charge in [0, 0.05) is 6.54 Å². The lowest BCUT2D eigenvalue weighted by atomic mass is 9.90. The molecule has 0 bridgehead atoms. The van der Waals surface area contributed by atoms with Crippen molar-refractivity contribution in [3.8, 4) is 0 Å². The Morgan fingerprint density at radius 3 is 3.00 bits per heavy atom. The summed E-state index contributed by atoms with van der Waals surface area (Å²) in [5.41, 5.74) is 0.568. The Hall–Kier alpha value is -0.390. The highest BCUT2D eigenvalue weighted by molar-refractivity contribution is 9.11. The van der Waals surface area contributed by atoms with Gasteiger partial charge in [0.1, 0.15) is 5.54 Å². The Kier molecular flexibility index (Phi) is 4.45. The van der Waals surface area contributed by atoms with E-state index < -0.39 is 11.5 Å². The molecule has 1 aliphatic heterocycles. The third kappa shape index (κ3) is 2.63. The van der Waals surface area contributed by atoms with Gasteiger partial charge in [-0.1, -0.05) is 13.3 Å². The van der Waals surface area contributed by atoms with Crippen molar-refractivity contribution in [2.75, 3.05) is 6.54 Å². The molecule has 0 radical (unpaired) electrons. The van der Waals surface area contributed by atoms with E-state index in [2.05, 4.69) is 39.2 Å². The van der Waals surface area contributed by atoms with Crippen LogP contribution in [0.25, 0.3) is 0 Å². The van der Waals surface area contributed by atoms with Gasteiger partial charge in [0.15, 0.2) is 0 Å². The Morgan fingerprint density at radius 2 is 2.44 bits per heavy atom. The van der Waals surface area contributed by atoms with Gasteiger partial charge in [0.2, 0.25) is 0 Å². The standard InChI is InChI=1S/C13H18BrNO2S/c1-2-4-13(12(16)17)5-3-6-15(13)8-10-7-11(14)18-9-10/h7,9H,2-6,8H2,1H3,(H,16,17). The summed E-state index contributed by atoms with van der Waals surface area (Å²) < 4.78 is 1.10. The number of likely N-dealkylation sites (tertiary alicyclic amines) is 1. The van der Waals surface area contributed by atoms with Crippen molar-refractivity contribution in [3.63, 3.8) is 0 Å². The molecule has 0 aromatic carbocycles. The molecule has 1 aliphatic rings. The number of aliphatic carboxylic acids is 1. The summed E-state index contributed by atoms with van der Waals surface area (Å²) in [6.45, 7) is 3.69. The predicted molar refractivity (Wildman–Crippen MR) is 76.9 cm³/mol. The number of rotatable bonds is 5. The molecule has 5 heteroatoms. The van der Waals surface area contributed by atoms with Crippen molar-refractivity contribution < 1.29 is 9.90 Å². The lowest BCUT2D eigenvalue weighted by Crippen LogP contribution is -2.49. The molecule has 18 heavy (non-hydrogen) atoms. The van der Waals surface area contributed by atoms with Crippen LogP contribution in [-0.2, 0) is 11.3 Å². The van der Waals surface area contributed by atoms with Crippen molar-refractivity contribution in [2.24, 2.45) is 0 Å². The van der Waals surface area contributed by atoms with E-state index in [1.807, 2.05) is 0 Å². The van der Waals surface area contributed by atoms with Crippen molar-refractivity contribution in [1.82, 2.24) is 4.90 Å². The minimum Gasteiger partial charge on any atom is -0.480 e. The molecule has 1 atom stereocenters. The van der Waals surface area contributed by atoms with Crippen molar-refractivity contribution in [2.45, 2.75) is 44.7 Å². The van der Waals surface area contributed by atoms with Crippen LogP contribution < -0.4 is 0 Å². The van der Waals surface area contributed by atoms with Gasteiger partial charge in [-0.3, -0.25) is 9.69 Å². The maximum atomic E-state index is 11.7.